The van der Waals surface area contributed by atoms with Crippen LogP contribution in [0, 0.1) is 0 Å². The van der Waals surface area contributed by atoms with E-state index >= 15 is 0 Å². The van der Waals surface area contributed by atoms with Crippen LogP contribution in [0.4, 0.5) is 0 Å². The SMILES string of the molecule is O=C=C1COCCO1. The second kappa shape index (κ2) is 2.50. The van der Waals surface area contributed by atoms with Gasteiger partial charge in [-0.3, -0.25) is 0 Å². The second-order valence-corrected chi connectivity index (χ2v) is 1.43. The summed E-state index contributed by atoms with van der Waals surface area (Å²) in [6.07, 6.45) is 0. The zero-order valence-electron chi connectivity index (χ0n) is 4.35. The molecule has 3 nitrogen and oxygen atoms in total. The maximum atomic E-state index is 9.79. The van der Waals surface area contributed by atoms with Crippen molar-refractivity contribution in [1.82, 2.24) is 0 Å². The van der Waals surface area contributed by atoms with E-state index in [0.29, 0.717) is 13.2 Å². The number of ether oxygens (including phenoxy) is 2. The molecule has 1 heterocycles. The molecule has 1 aliphatic rings. The summed E-state index contributed by atoms with van der Waals surface area (Å²) < 4.78 is 9.64. The van der Waals surface area contributed by atoms with Gasteiger partial charge >= 0.3 is 0 Å². The molecule has 1 fully saturated rings. The quantitative estimate of drug-likeness (QED) is 0.407. The average molecular weight is 114 g/mol. The van der Waals surface area contributed by atoms with Crippen LogP contribution in [0.1, 0.15) is 0 Å². The van der Waals surface area contributed by atoms with Crippen LogP contribution in [-0.4, -0.2) is 25.8 Å². The Hall–Kier alpha value is -0.790. The van der Waals surface area contributed by atoms with Crippen molar-refractivity contribution in [3.8, 4) is 0 Å². The van der Waals surface area contributed by atoms with Crippen molar-refractivity contribution in [2.24, 2.45) is 0 Å². The van der Waals surface area contributed by atoms with Crippen molar-refractivity contribution in [2.75, 3.05) is 19.8 Å². The van der Waals surface area contributed by atoms with Crippen molar-refractivity contribution >= 4 is 5.94 Å². The minimum absolute atomic E-state index is 0.274. The summed E-state index contributed by atoms with van der Waals surface area (Å²) in [5.74, 6) is 1.90. The molecule has 3 heteroatoms. The highest BCUT2D eigenvalue weighted by Gasteiger charge is 2.04. The highest BCUT2D eigenvalue weighted by Crippen LogP contribution is 1.98. The Bertz CT molecular complexity index is 116. The molecule has 0 atom stereocenters. The Labute approximate surface area is 46.9 Å². The lowest BCUT2D eigenvalue weighted by molar-refractivity contribution is 0.0159. The van der Waals surface area contributed by atoms with Gasteiger partial charge < -0.3 is 9.47 Å². The summed E-state index contributed by atoms with van der Waals surface area (Å²) in [6, 6.07) is 0. The third kappa shape index (κ3) is 1.09. The molecule has 0 unspecified atom stereocenters. The molecule has 0 aromatic heterocycles. The summed E-state index contributed by atoms with van der Waals surface area (Å²) in [7, 11) is 0. The smallest absolute Gasteiger partial charge is 0.205 e. The molecule has 0 bridgehead atoms. The van der Waals surface area contributed by atoms with Crippen LogP contribution in [0.2, 0.25) is 0 Å². The van der Waals surface area contributed by atoms with Crippen molar-refractivity contribution in [2.45, 2.75) is 0 Å². The summed E-state index contributed by atoms with van der Waals surface area (Å²) >= 11 is 0. The zero-order valence-corrected chi connectivity index (χ0v) is 4.35. The number of hydrogen-bond donors (Lipinski definition) is 0. The van der Waals surface area contributed by atoms with E-state index in [0.717, 1.165) is 0 Å². The first kappa shape index (κ1) is 5.35. The van der Waals surface area contributed by atoms with E-state index in [-0.39, 0.29) is 12.4 Å². The van der Waals surface area contributed by atoms with E-state index in [4.69, 9.17) is 9.47 Å². The van der Waals surface area contributed by atoms with Gasteiger partial charge in [0.1, 0.15) is 13.2 Å². The Morgan fingerprint density at radius 3 is 2.75 bits per heavy atom. The minimum Gasteiger partial charge on any atom is -0.482 e. The van der Waals surface area contributed by atoms with E-state index in [1.165, 1.54) is 0 Å². The van der Waals surface area contributed by atoms with Crippen LogP contribution in [-0.2, 0) is 14.3 Å². The Balaban J connectivity index is 2.45. The first-order chi connectivity index (χ1) is 3.93. The van der Waals surface area contributed by atoms with Gasteiger partial charge in [-0.15, -0.1) is 0 Å². The molecule has 0 aliphatic carbocycles. The molecule has 8 heavy (non-hydrogen) atoms. The predicted molar refractivity (Wildman–Crippen MR) is 26.0 cm³/mol. The molecule has 0 saturated carbocycles. The van der Waals surface area contributed by atoms with E-state index in [1.54, 1.807) is 5.94 Å². The van der Waals surface area contributed by atoms with Crippen molar-refractivity contribution in [3.05, 3.63) is 5.76 Å². The fraction of sp³-hybridized carbons (Fsp3) is 0.600. The van der Waals surface area contributed by atoms with Gasteiger partial charge in [-0.1, -0.05) is 0 Å². The molecule has 1 saturated heterocycles. The highest BCUT2D eigenvalue weighted by atomic mass is 16.6. The molecule has 1 rings (SSSR count). The largest absolute Gasteiger partial charge is 0.482 e. The second-order valence-electron chi connectivity index (χ2n) is 1.43. The van der Waals surface area contributed by atoms with Crippen LogP contribution >= 0.6 is 0 Å². The van der Waals surface area contributed by atoms with Crippen LogP contribution < -0.4 is 0 Å². The third-order valence-electron chi connectivity index (χ3n) is 0.851. The summed E-state index contributed by atoms with van der Waals surface area (Å²) in [5, 5.41) is 0. The fourth-order valence-corrected chi connectivity index (χ4v) is 0.489. The molecule has 0 spiro atoms. The van der Waals surface area contributed by atoms with Gasteiger partial charge in [0.15, 0.2) is 5.94 Å². The van der Waals surface area contributed by atoms with Gasteiger partial charge in [-0.2, -0.15) is 0 Å². The van der Waals surface area contributed by atoms with Crippen LogP contribution in [0.3, 0.4) is 0 Å². The molecular weight excluding hydrogens is 108 g/mol. The lowest BCUT2D eigenvalue weighted by Gasteiger charge is -2.12. The maximum Gasteiger partial charge on any atom is 0.205 e. The van der Waals surface area contributed by atoms with E-state index < -0.39 is 0 Å². The number of carbonyl (C=O) groups excluding carboxylic acids is 1. The minimum atomic E-state index is 0.274. The molecule has 1 aliphatic heterocycles. The normalized spacial score (nSPS) is 19.2. The van der Waals surface area contributed by atoms with Crippen molar-refractivity contribution in [3.63, 3.8) is 0 Å². The Kier molecular flexibility index (Phi) is 1.67. The van der Waals surface area contributed by atoms with Crippen molar-refractivity contribution < 1.29 is 14.3 Å². The zero-order chi connectivity index (χ0) is 5.82. The first-order valence-electron chi connectivity index (χ1n) is 2.38. The van der Waals surface area contributed by atoms with Gasteiger partial charge in [-0.25, -0.2) is 4.79 Å². The Morgan fingerprint density at radius 1 is 1.50 bits per heavy atom. The summed E-state index contributed by atoms with van der Waals surface area (Å²) in [4.78, 5) is 9.79. The molecule has 0 amide bonds. The molecule has 0 aromatic rings. The van der Waals surface area contributed by atoms with Gasteiger partial charge in [-0.05, 0) is 0 Å². The number of hydrogen-bond acceptors (Lipinski definition) is 3. The molecular formula is C5H6O3. The van der Waals surface area contributed by atoms with Crippen molar-refractivity contribution in [1.29, 1.82) is 0 Å². The van der Waals surface area contributed by atoms with Gasteiger partial charge in [0, 0.05) is 0 Å². The number of rotatable bonds is 0. The monoisotopic (exact) mass is 114 g/mol. The third-order valence-corrected chi connectivity index (χ3v) is 0.851. The standard InChI is InChI=1S/C5H6O3/c6-3-5-4-7-1-2-8-5/h1-2,4H2. The Morgan fingerprint density at radius 2 is 2.38 bits per heavy atom. The molecule has 0 radical (unpaired) electrons. The lowest BCUT2D eigenvalue weighted by Crippen LogP contribution is -2.15. The topological polar surface area (TPSA) is 35.5 Å². The van der Waals surface area contributed by atoms with Gasteiger partial charge in [0.05, 0.1) is 6.61 Å². The lowest BCUT2D eigenvalue weighted by atomic mass is 10.5. The summed E-state index contributed by atoms with van der Waals surface area (Å²) in [5.41, 5.74) is 0. The van der Waals surface area contributed by atoms with E-state index in [1.807, 2.05) is 0 Å². The predicted octanol–water partition coefficient (Wildman–Crippen LogP) is -0.251. The van der Waals surface area contributed by atoms with Crippen LogP contribution in [0.25, 0.3) is 0 Å². The molecule has 0 aromatic carbocycles. The first-order valence-corrected chi connectivity index (χ1v) is 2.38. The van der Waals surface area contributed by atoms with Crippen LogP contribution in [0.15, 0.2) is 5.76 Å². The summed E-state index contributed by atoms with van der Waals surface area (Å²) in [6.45, 7) is 1.33. The molecule has 44 valence electrons. The average Bonchev–Trinajstić information content (AvgIpc) is 1.90. The maximum absolute atomic E-state index is 9.79. The molecule has 0 N–H and O–H groups in total. The van der Waals surface area contributed by atoms with E-state index in [2.05, 4.69) is 0 Å². The fourth-order valence-electron chi connectivity index (χ4n) is 0.489. The van der Waals surface area contributed by atoms with Crippen LogP contribution in [0.5, 0.6) is 0 Å². The van der Waals surface area contributed by atoms with Gasteiger partial charge in [0.25, 0.3) is 0 Å². The van der Waals surface area contributed by atoms with Gasteiger partial charge in [0.2, 0.25) is 5.76 Å². The van der Waals surface area contributed by atoms with E-state index in [9.17, 15) is 4.79 Å². The highest BCUT2D eigenvalue weighted by molar-refractivity contribution is 5.49.